The molecule has 1 aliphatic heterocycles. The van der Waals surface area contributed by atoms with Crippen LogP contribution in [0.25, 0.3) is 11.1 Å². The first-order valence-corrected chi connectivity index (χ1v) is 11.2. The number of likely N-dealkylation sites (N-methyl/N-ethyl adjacent to an activating group) is 1. The van der Waals surface area contributed by atoms with E-state index in [0.29, 0.717) is 19.6 Å². The number of morpholine rings is 1. The van der Waals surface area contributed by atoms with Crippen LogP contribution in [0.1, 0.15) is 11.1 Å². The van der Waals surface area contributed by atoms with Crippen molar-refractivity contribution in [3.05, 3.63) is 84.2 Å². The number of carbonyl (C=O) groups excluding carboxylic acids is 1. The molecule has 0 radical (unpaired) electrons. The summed E-state index contributed by atoms with van der Waals surface area (Å²) >= 11 is 0. The van der Waals surface area contributed by atoms with Crippen LogP contribution in [-0.2, 0) is 22.5 Å². The van der Waals surface area contributed by atoms with Gasteiger partial charge in [0.2, 0.25) is 0 Å². The van der Waals surface area contributed by atoms with E-state index >= 15 is 0 Å². The molecule has 0 aliphatic carbocycles. The number of aromatic nitrogens is 1. The summed E-state index contributed by atoms with van der Waals surface area (Å²) in [6.07, 6.45) is 4.13. The van der Waals surface area contributed by atoms with Crippen LogP contribution < -0.4 is 4.74 Å². The van der Waals surface area contributed by atoms with E-state index in [1.165, 1.54) is 0 Å². The van der Waals surface area contributed by atoms with Gasteiger partial charge in [-0.3, -0.25) is 14.7 Å². The Morgan fingerprint density at radius 3 is 2.64 bits per heavy atom. The van der Waals surface area contributed by atoms with Gasteiger partial charge in [0.1, 0.15) is 5.75 Å². The second-order valence-corrected chi connectivity index (χ2v) is 8.72. The first-order valence-electron chi connectivity index (χ1n) is 11.2. The van der Waals surface area contributed by atoms with Crippen molar-refractivity contribution in [2.45, 2.75) is 18.6 Å². The van der Waals surface area contributed by atoms with Gasteiger partial charge in [0.15, 0.2) is 5.60 Å². The highest BCUT2D eigenvalue weighted by atomic mass is 16.5. The number of benzene rings is 2. The molecule has 0 spiro atoms. The number of hydrogen-bond acceptors (Lipinski definition) is 5. The normalized spacial score (nSPS) is 18.6. The fourth-order valence-electron chi connectivity index (χ4n) is 4.46. The smallest absolute Gasteiger partial charge is 0.255 e. The molecule has 2 aromatic carbocycles. The molecule has 0 bridgehead atoms. The predicted octanol–water partition coefficient (Wildman–Crippen LogP) is 3.66. The SMILES string of the molecule is COc1cccc(CN2CCO[C@@](Cc3cccc(-c4cccnc4)c3)(C(=O)N(C)C)C2)c1. The summed E-state index contributed by atoms with van der Waals surface area (Å²) in [6, 6.07) is 20.3. The molecule has 1 aliphatic rings. The molecule has 4 rings (SSSR count). The number of carbonyl (C=O) groups is 1. The molecule has 0 unspecified atom stereocenters. The minimum atomic E-state index is -0.936. The molecular weight excluding hydrogens is 414 g/mol. The molecule has 6 heteroatoms. The van der Waals surface area contributed by atoms with Crippen LogP contribution in [0.4, 0.5) is 0 Å². The van der Waals surface area contributed by atoms with Crippen molar-refractivity contribution in [3.63, 3.8) is 0 Å². The molecule has 1 amide bonds. The first kappa shape index (κ1) is 23.0. The monoisotopic (exact) mass is 445 g/mol. The molecule has 3 aromatic rings. The highest BCUT2D eigenvalue weighted by Crippen LogP contribution is 2.29. The van der Waals surface area contributed by atoms with Gasteiger partial charge in [-0.2, -0.15) is 0 Å². The Morgan fingerprint density at radius 1 is 1.09 bits per heavy atom. The van der Waals surface area contributed by atoms with Crippen molar-refractivity contribution in [2.24, 2.45) is 0 Å². The lowest BCUT2D eigenvalue weighted by molar-refractivity contribution is -0.169. The lowest BCUT2D eigenvalue weighted by atomic mass is 9.89. The van der Waals surface area contributed by atoms with Crippen molar-refractivity contribution in [2.75, 3.05) is 40.9 Å². The maximum absolute atomic E-state index is 13.4. The van der Waals surface area contributed by atoms with Crippen LogP contribution in [-0.4, -0.2) is 67.2 Å². The number of hydrogen-bond donors (Lipinski definition) is 0. The number of amides is 1. The molecule has 2 heterocycles. The van der Waals surface area contributed by atoms with Gasteiger partial charge in [-0.1, -0.05) is 42.5 Å². The van der Waals surface area contributed by atoms with Gasteiger partial charge in [-0.25, -0.2) is 0 Å². The summed E-state index contributed by atoms with van der Waals surface area (Å²) in [5.74, 6) is 0.827. The van der Waals surface area contributed by atoms with Gasteiger partial charge in [0.05, 0.1) is 13.7 Å². The van der Waals surface area contributed by atoms with Gasteiger partial charge in [-0.15, -0.1) is 0 Å². The molecule has 33 heavy (non-hydrogen) atoms. The Morgan fingerprint density at radius 2 is 1.88 bits per heavy atom. The molecule has 0 saturated carbocycles. The molecule has 0 N–H and O–H groups in total. The van der Waals surface area contributed by atoms with E-state index < -0.39 is 5.60 Å². The van der Waals surface area contributed by atoms with Crippen molar-refractivity contribution < 1.29 is 14.3 Å². The molecular formula is C27H31N3O3. The number of rotatable bonds is 7. The van der Waals surface area contributed by atoms with Crippen molar-refractivity contribution in [1.29, 1.82) is 0 Å². The molecule has 172 valence electrons. The molecule has 1 aromatic heterocycles. The van der Waals surface area contributed by atoms with Crippen LogP contribution in [0.2, 0.25) is 0 Å². The van der Waals surface area contributed by atoms with Crippen molar-refractivity contribution in [1.82, 2.24) is 14.8 Å². The van der Waals surface area contributed by atoms with Crippen LogP contribution >= 0.6 is 0 Å². The van der Waals surface area contributed by atoms with E-state index in [4.69, 9.17) is 9.47 Å². The first-order chi connectivity index (χ1) is 16.0. The average Bonchev–Trinajstić information content (AvgIpc) is 2.84. The summed E-state index contributed by atoms with van der Waals surface area (Å²) in [5.41, 5.74) is 3.42. The van der Waals surface area contributed by atoms with Crippen LogP contribution in [0, 0.1) is 0 Å². The quantitative estimate of drug-likeness (QED) is 0.556. The van der Waals surface area contributed by atoms with Crippen LogP contribution in [0.3, 0.4) is 0 Å². The fraction of sp³-hybridized carbons (Fsp3) is 0.333. The summed E-state index contributed by atoms with van der Waals surface area (Å²) in [5, 5.41) is 0. The Balaban J connectivity index is 1.59. The Hall–Kier alpha value is -3.22. The third-order valence-corrected chi connectivity index (χ3v) is 6.01. The van der Waals surface area contributed by atoms with Gasteiger partial charge >= 0.3 is 0 Å². The number of methoxy groups -OCH3 is 1. The summed E-state index contributed by atoms with van der Waals surface area (Å²) in [6.45, 7) is 2.54. The van der Waals surface area contributed by atoms with E-state index in [-0.39, 0.29) is 5.91 Å². The molecule has 1 atom stereocenters. The highest BCUT2D eigenvalue weighted by molar-refractivity contribution is 5.86. The molecule has 6 nitrogen and oxygen atoms in total. The Kier molecular flexibility index (Phi) is 7.06. The molecule has 1 fully saturated rings. The largest absolute Gasteiger partial charge is 0.497 e. The standard InChI is InChI=1S/C27H31N3O3/c1-29(2)26(31)27(17-21-7-4-9-23(15-21)24-10-6-12-28-18-24)20-30(13-14-33-27)19-22-8-5-11-25(16-22)32-3/h4-12,15-16,18H,13-14,17,19-20H2,1-3H3/t27-/m1/s1. The maximum Gasteiger partial charge on any atom is 0.255 e. The third-order valence-electron chi connectivity index (χ3n) is 6.01. The zero-order chi connectivity index (χ0) is 23.3. The zero-order valence-corrected chi connectivity index (χ0v) is 19.5. The predicted molar refractivity (Wildman–Crippen MR) is 129 cm³/mol. The fourth-order valence-corrected chi connectivity index (χ4v) is 4.46. The summed E-state index contributed by atoms with van der Waals surface area (Å²) in [4.78, 5) is 21.6. The highest BCUT2D eigenvalue weighted by Gasteiger charge is 2.44. The lowest BCUT2D eigenvalue weighted by Crippen LogP contribution is -2.60. The number of pyridine rings is 1. The van der Waals surface area contributed by atoms with E-state index in [1.807, 2.05) is 42.6 Å². The third kappa shape index (κ3) is 5.41. The van der Waals surface area contributed by atoms with Gasteiger partial charge in [0.25, 0.3) is 5.91 Å². The maximum atomic E-state index is 13.4. The minimum Gasteiger partial charge on any atom is -0.497 e. The van der Waals surface area contributed by atoms with Gasteiger partial charge in [0, 0.05) is 52.5 Å². The van der Waals surface area contributed by atoms with Gasteiger partial charge < -0.3 is 14.4 Å². The second kappa shape index (κ2) is 10.1. The number of nitrogens with zero attached hydrogens (tertiary/aromatic N) is 3. The van der Waals surface area contributed by atoms with Crippen LogP contribution in [0.15, 0.2) is 73.1 Å². The van der Waals surface area contributed by atoms with E-state index in [0.717, 1.165) is 41.1 Å². The average molecular weight is 446 g/mol. The Bertz CT molecular complexity index is 1090. The second-order valence-electron chi connectivity index (χ2n) is 8.72. The number of ether oxygens (including phenoxy) is 2. The minimum absolute atomic E-state index is 0.00961. The van der Waals surface area contributed by atoms with Crippen molar-refractivity contribution in [3.8, 4) is 16.9 Å². The van der Waals surface area contributed by atoms with E-state index in [2.05, 4.69) is 34.1 Å². The summed E-state index contributed by atoms with van der Waals surface area (Å²) in [7, 11) is 5.26. The van der Waals surface area contributed by atoms with E-state index in [1.54, 1.807) is 32.3 Å². The lowest BCUT2D eigenvalue weighted by Gasteiger charge is -2.43. The summed E-state index contributed by atoms with van der Waals surface area (Å²) < 4.78 is 11.7. The Labute approximate surface area is 195 Å². The topological polar surface area (TPSA) is 54.9 Å². The van der Waals surface area contributed by atoms with E-state index in [9.17, 15) is 4.79 Å². The van der Waals surface area contributed by atoms with Crippen LogP contribution in [0.5, 0.6) is 5.75 Å². The zero-order valence-electron chi connectivity index (χ0n) is 19.5. The van der Waals surface area contributed by atoms with Gasteiger partial charge in [-0.05, 0) is 40.5 Å². The van der Waals surface area contributed by atoms with Crippen molar-refractivity contribution >= 4 is 5.91 Å². The molecule has 1 saturated heterocycles.